The molecule has 38 heavy (non-hydrogen) atoms. The van der Waals surface area contributed by atoms with Crippen LogP contribution >= 0.6 is 34.7 Å². The van der Waals surface area contributed by atoms with Crippen molar-refractivity contribution in [2.75, 3.05) is 26.3 Å². The molecule has 1 amide bonds. The van der Waals surface area contributed by atoms with E-state index < -0.39 is 5.79 Å². The average Bonchev–Trinajstić information content (AvgIpc) is 3.70. The number of pyridine rings is 1. The van der Waals surface area contributed by atoms with Gasteiger partial charge in [0.15, 0.2) is 16.8 Å². The summed E-state index contributed by atoms with van der Waals surface area (Å²) in [6.07, 6.45) is 4.86. The zero-order valence-electron chi connectivity index (χ0n) is 20.7. The van der Waals surface area contributed by atoms with Gasteiger partial charge in [-0.2, -0.15) is 0 Å². The largest absolute Gasteiger partial charge is 0.347 e. The highest BCUT2D eigenvalue weighted by Crippen LogP contribution is 2.34. The lowest BCUT2D eigenvalue weighted by Crippen LogP contribution is -2.47. The number of carbonyl (C=O) groups excluding carboxylic acids is 1. The summed E-state index contributed by atoms with van der Waals surface area (Å²) in [5.41, 5.74) is 3.26. The first-order valence-electron chi connectivity index (χ1n) is 12.3. The molecular formula is C26H25ClN6O3S2. The van der Waals surface area contributed by atoms with E-state index in [1.165, 1.54) is 23.1 Å². The maximum atomic E-state index is 13.1. The number of hydrogen-bond acceptors (Lipinski definition) is 9. The molecule has 2 aliphatic heterocycles. The Morgan fingerprint density at radius 2 is 2.00 bits per heavy atom. The van der Waals surface area contributed by atoms with Crippen LogP contribution in [0.1, 0.15) is 33.9 Å². The number of rotatable bonds is 6. The number of carbonyl (C=O) groups is 1. The van der Waals surface area contributed by atoms with E-state index in [9.17, 15) is 4.79 Å². The van der Waals surface area contributed by atoms with Gasteiger partial charge in [0, 0.05) is 54.3 Å². The van der Waals surface area contributed by atoms with Crippen LogP contribution in [0.5, 0.6) is 0 Å². The van der Waals surface area contributed by atoms with Gasteiger partial charge in [-0.3, -0.25) is 14.3 Å². The van der Waals surface area contributed by atoms with Crippen molar-refractivity contribution in [3.63, 3.8) is 0 Å². The Hall–Kier alpha value is -2.83. The third kappa shape index (κ3) is 5.08. The van der Waals surface area contributed by atoms with Gasteiger partial charge >= 0.3 is 0 Å². The zero-order chi connectivity index (χ0) is 26.1. The molecule has 2 saturated heterocycles. The minimum absolute atomic E-state index is 0.0538. The van der Waals surface area contributed by atoms with E-state index in [2.05, 4.69) is 20.2 Å². The summed E-state index contributed by atoms with van der Waals surface area (Å²) in [5, 5.41) is 13.0. The number of ether oxygens (including phenoxy) is 2. The summed E-state index contributed by atoms with van der Waals surface area (Å²) in [6.45, 7) is 4.46. The second-order valence-corrected chi connectivity index (χ2v) is 11.5. The van der Waals surface area contributed by atoms with Gasteiger partial charge in [-0.15, -0.1) is 21.5 Å². The number of likely N-dealkylation sites (tertiary alicyclic amines) is 1. The summed E-state index contributed by atoms with van der Waals surface area (Å²) in [7, 11) is 0. The number of thioether (sulfide) groups is 1. The highest BCUT2D eigenvalue weighted by Gasteiger charge is 2.41. The predicted octanol–water partition coefficient (Wildman–Crippen LogP) is 5.02. The summed E-state index contributed by atoms with van der Waals surface area (Å²) in [6, 6.07) is 9.58. The van der Waals surface area contributed by atoms with E-state index in [-0.39, 0.29) is 5.91 Å². The van der Waals surface area contributed by atoms with Crippen LogP contribution in [0.3, 0.4) is 0 Å². The molecule has 0 atom stereocenters. The molecular weight excluding hydrogens is 544 g/mol. The van der Waals surface area contributed by atoms with Crippen LogP contribution < -0.4 is 0 Å². The second-order valence-electron chi connectivity index (χ2n) is 9.13. The maximum Gasteiger partial charge on any atom is 0.273 e. The van der Waals surface area contributed by atoms with Gasteiger partial charge in [-0.1, -0.05) is 29.4 Å². The van der Waals surface area contributed by atoms with Crippen molar-refractivity contribution in [2.24, 2.45) is 0 Å². The lowest BCUT2D eigenvalue weighted by molar-refractivity contribution is -0.181. The fourth-order valence-electron chi connectivity index (χ4n) is 4.69. The molecule has 2 fully saturated rings. The van der Waals surface area contributed by atoms with Crippen molar-refractivity contribution in [3.8, 4) is 17.1 Å². The summed E-state index contributed by atoms with van der Waals surface area (Å²) in [4.78, 5) is 23.8. The van der Waals surface area contributed by atoms with E-state index in [0.717, 1.165) is 21.8 Å². The number of aromatic nitrogens is 5. The van der Waals surface area contributed by atoms with Crippen LogP contribution in [0.2, 0.25) is 5.02 Å². The predicted molar refractivity (Wildman–Crippen MR) is 146 cm³/mol. The Kier molecular flexibility index (Phi) is 7.19. The first-order valence-corrected chi connectivity index (χ1v) is 14.5. The number of piperidine rings is 1. The molecule has 0 bridgehead atoms. The monoisotopic (exact) mass is 568 g/mol. The maximum absolute atomic E-state index is 13.1. The molecule has 5 heterocycles. The molecule has 0 unspecified atom stereocenters. The minimum atomic E-state index is -0.507. The van der Waals surface area contributed by atoms with Crippen LogP contribution in [-0.2, 0) is 15.2 Å². The third-order valence-electron chi connectivity index (χ3n) is 6.69. The molecule has 0 aliphatic carbocycles. The molecule has 0 radical (unpaired) electrons. The molecule has 196 valence electrons. The molecule has 4 aromatic rings. The fourth-order valence-corrected chi connectivity index (χ4v) is 6.58. The SMILES string of the molecule is Cc1ccc(Cl)cc1-n1c(SCc2nc(C(=O)N3CCC4(CC3)OCCO4)cs2)nnc1-c1cccnc1. The van der Waals surface area contributed by atoms with Gasteiger partial charge in [-0.05, 0) is 36.8 Å². The Bertz CT molecular complexity index is 1440. The van der Waals surface area contributed by atoms with Crippen molar-refractivity contribution in [1.82, 2.24) is 29.6 Å². The average molecular weight is 569 g/mol. The van der Waals surface area contributed by atoms with E-state index >= 15 is 0 Å². The zero-order valence-corrected chi connectivity index (χ0v) is 23.1. The lowest BCUT2D eigenvalue weighted by atomic mass is 10.0. The van der Waals surface area contributed by atoms with Crippen LogP contribution in [-0.4, -0.2) is 67.6 Å². The van der Waals surface area contributed by atoms with Gasteiger partial charge in [-0.25, -0.2) is 4.98 Å². The van der Waals surface area contributed by atoms with E-state index in [1.807, 2.05) is 52.1 Å². The Balaban J connectivity index is 1.19. The van der Waals surface area contributed by atoms with E-state index in [0.29, 0.717) is 66.6 Å². The molecule has 0 N–H and O–H groups in total. The van der Waals surface area contributed by atoms with Crippen LogP contribution in [0.4, 0.5) is 0 Å². The number of amides is 1. The first-order chi connectivity index (χ1) is 18.5. The Morgan fingerprint density at radius 3 is 2.76 bits per heavy atom. The molecule has 2 aliphatic rings. The van der Waals surface area contributed by atoms with Gasteiger partial charge < -0.3 is 14.4 Å². The van der Waals surface area contributed by atoms with Crippen molar-refractivity contribution in [3.05, 3.63) is 69.4 Å². The number of aryl methyl sites for hydroxylation is 1. The van der Waals surface area contributed by atoms with Crippen molar-refractivity contribution in [2.45, 2.75) is 36.5 Å². The second kappa shape index (κ2) is 10.7. The van der Waals surface area contributed by atoms with Gasteiger partial charge in [0.05, 0.1) is 24.7 Å². The van der Waals surface area contributed by atoms with Crippen LogP contribution in [0.25, 0.3) is 17.1 Å². The van der Waals surface area contributed by atoms with E-state index in [4.69, 9.17) is 21.1 Å². The summed E-state index contributed by atoms with van der Waals surface area (Å²) < 4.78 is 13.6. The highest BCUT2D eigenvalue weighted by molar-refractivity contribution is 7.98. The van der Waals surface area contributed by atoms with Gasteiger partial charge in [0.25, 0.3) is 5.91 Å². The molecule has 1 aromatic carbocycles. The molecule has 12 heteroatoms. The molecule has 9 nitrogen and oxygen atoms in total. The quantitative estimate of drug-likeness (QED) is 0.299. The first kappa shape index (κ1) is 25.4. The van der Waals surface area contributed by atoms with Gasteiger partial charge in [0.2, 0.25) is 0 Å². The Morgan fingerprint density at radius 1 is 1.18 bits per heavy atom. The van der Waals surface area contributed by atoms with Crippen LogP contribution in [0, 0.1) is 6.92 Å². The minimum Gasteiger partial charge on any atom is -0.347 e. The molecule has 3 aromatic heterocycles. The lowest BCUT2D eigenvalue weighted by Gasteiger charge is -2.37. The number of thiazole rings is 1. The van der Waals surface area contributed by atoms with E-state index in [1.54, 1.807) is 12.4 Å². The summed E-state index contributed by atoms with van der Waals surface area (Å²) in [5.74, 6) is 0.668. The summed E-state index contributed by atoms with van der Waals surface area (Å²) >= 11 is 9.34. The molecule has 6 rings (SSSR count). The molecule has 0 saturated carbocycles. The number of benzene rings is 1. The van der Waals surface area contributed by atoms with Crippen molar-refractivity contribution < 1.29 is 14.3 Å². The Labute approximate surface area is 233 Å². The van der Waals surface area contributed by atoms with Crippen molar-refractivity contribution in [1.29, 1.82) is 0 Å². The number of hydrogen-bond donors (Lipinski definition) is 0. The molecule has 1 spiro atoms. The fraction of sp³-hybridized carbons (Fsp3) is 0.346. The highest BCUT2D eigenvalue weighted by atomic mass is 35.5. The smallest absolute Gasteiger partial charge is 0.273 e. The standard InChI is InChI=1S/C26H25ClN6O3S2/c1-17-4-5-19(27)13-21(17)33-23(18-3-2-8-28-14-18)30-31-25(33)38-16-22-29-20(15-37-22)24(34)32-9-6-26(7-10-32)35-11-12-36-26/h2-5,8,13-15H,6-7,9-12,16H2,1H3. The van der Waals surface area contributed by atoms with Gasteiger partial charge in [0.1, 0.15) is 10.7 Å². The normalized spacial score (nSPS) is 16.8. The van der Waals surface area contributed by atoms with Crippen LogP contribution in [0.15, 0.2) is 53.3 Å². The third-order valence-corrected chi connectivity index (χ3v) is 8.89. The number of nitrogens with zero attached hydrogens (tertiary/aromatic N) is 6. The van der Waals surface area contributed by atoms with Crippen molar-refractivity contribution >= 4 is 40.6 Å². The number of halogens is 1. The topological polar surface area (TPSA) is 95.3 Å².